The fourth-order valence-electron chi connectivity index (χ4n) is 3.94. The predicted molar refractivity (Wildman–Crippen MR) is 104 cm³/mol. The third-order valence-corrected chi connectivity index (χ3v) is 5.69. The molecule has 0 bridgehead atoms. The Morgan fingerprint density at radius 1 is 0.923 bits per heavy atom. The van der Waals surface area contributed by atoms with Crippen LogP contribution < -0.4 is 14.8 Å². The maximum absolute atomic E-state index is 5.49. The average Bonchev–Trinajstić information content (AvgIpc) is 3.52. The highest BCUT2D eigenvalue weighted by Gasteiger charge is 2.28. The average molecular weight is 355 g/mol. The van der Waals surface area contributed by atoms with Crippen molar-refractivity contribution in [2.45, 2.75) is 57.3 Å². The Kier molecular flexibility index (Phi) is 5.14. The third-order valence-electron chi connectivity index (χ3n) is 5.69. The van der Waals surface area contributed by atoms with Gasteiger partial charge in [0.1, 0.15) is 11.6 Å². The Labute approximate surface area is 155 Å². The van der Waals surface area contributed by atoms with E-state index in [1.54, 1.807) is 14.2 Å². The number of methoxy groups -OCH3 is 2. The zero-order valence-electron chi connectivity index (χ0n) is 15.9. The minimum absolute atomic E-state index is 0.519. The van der Waals surface area contributed by atoms with Crippen molar-refractivity contribution in [2.24, 2.45) is 5.92 Å². The molecular weight excluding hydrogens is 326 g/mol. The molecule has 2 aromatic rings. The second-order valence-electron chi connectivity index (χ2n) is 7.67. The van der Waals surface area contributed by atoms with Crippen LogP contribution in [0.4, 0.5) is 5.82 Å². The molecule has 2 aliphatic carbocycles. The van der Waals surface area contributed by atoms with Crippen LogP contribution in [-0.4, -0.2) is 30.7 Å². The van der Waals surface area contributed by atoms with Crippen LogP contribution in [0.2, 0.25) is 0 Å². The molecule has 0 aliphatic heterocycles. The second kappa shape index (κ2) is 7.68. The van der Waals surface area contributed by atoms with E-state index in [2.05, 4.69) is 5.32 Å². The highest BCUT2D eigenvalue weighted by Crippen LogP contribution is 2.41. The zero-order valence-corrected chi connectivity index (χ0v) is 15.9. The summed E-state index contributed by atoms with van der Waals surface area (Å²) in [5.74, 6) is 4.61. The number of fused-ring (bicyclic) bond motifs is 1. The summed E-state index contributed by atoms with van der Waals surface area (Å²) in [7, 11) is 3.33. The van der Waals surface area contributed by atoms with Gasteiger partial charge in [0.25, 0.3) is 0 Å². The van der Waals surface area contributed by atoms with Crippen LogP contribution in [0.3, 0.4) is 0 Å². The minimum Gasteiger partial charge on any atom is -0.493 e. The molecule has 0 amide bonds. The van der Waals surface area contributed by atoms with Gasteiger partial charge in [-0.2, -0.15) is 0 Å². The van der Waals surface area contributed by atoms with Crippen molar-refractivity contribution in [1.29, 1.82) is 0 Å². The van der Waals surface area contributed by atoms with Gasteiger partial charge in [-0.15, -0.1) is 0 Å². The lowest BCUT2D eigenvalue weighted by molar-refractivity contribution is 0.356. The van der Waals surface area contributed by atoms with Crippen molar-refractivity contribution >= 4 is 16.7 Å². The van der Waals surface area contributed by atoms with Gasteiger partial charge in [0.05, 0.1) is 19.7 Å². The van der Waals surface area contributed by atoms with Crippen LogP contribution in [0.15, 0.2) is 12.1 Å². The van der Waals surface area contributed by atoms with E-state index in [4.69, 9.17) is 19.4 Å². The van der Waals surface area contributed by atoms with E-state index in [9.17, 15) is 0 Å². The first-order valence-electron chi connectivity index (χ1n) is 9.96. The van der Waals surface area contributed by atoms with Crippen molar-refractivity contribution < 1.29 is 9.47 Å². The first-order valence-corrected chi connectivity index (χ1v) is 9.96. The minimum atomic E-state index is 0.519. The predicted octanol–water partition coefficient (Wildman–Crippen LogP) is 4.91. The highest BCUT2D eigenvalue weighted by atomic mass is 16.5. The molecule has 1 N–H and O–H groups in total. The molecule has 0 unspecified atom stereocenters. The van der Waals surface area contributed by atoms with Crippen LogP contribution in [0.1, 0.15) is 63.1 Å². The van der Waals surface area contributed by atoms with E-state index in [-0.39, 0.29) is 0 Å². The summed E-state index contributed by atoms with van der Waals surface area (Å²) in [5.41, 5.74) is 0.933. The number of nitrogens with one attached hydrogen (secondary N) is 1. The van der Waals surface area contributed by atoms with Gasteiger partial charge < -0.3 is 14.8 Å². The summed E-state index contributed by atoms with van der Waals surface area (Å²) in [4.78, 5) is 9.69. The Hall–Kier alpha value is -2.04. The zero-order chi connectivity index (χ0) is 17.9. The molecule has 0 atom stereocenters. The molecule has 1 aromatic heterocycles. The maximum Gasteiger partial charge on any atom is 0.162 e. The van der Waals surface area contributed by atoms with Crippen molar-refractivity contribution in [3.05, 3.63) is 18.0 Å². The molecule has 0 radical (unpaired) electrons. The molecule has 1 aromatic carbocycles. The molecule has 0 spiro atoms. The Balaban J connectivity index is 1.66. The Morgan fingerprint density at radius 2 is 1.62 bits per heavy atom. The van der Waals surface area contributed by atoms with Gasteiger partial charge in [-0.25, -0.2) is 9.97 Å². The fourth-order valence-corrected chi connectivity index (χ4v) is 3.94. The number of benzene rings is 1. The van der Waals surface area contributed by atoms with Gasteiger partial charge >= 0.3 is 0 Å². The number of aromatic nitrogens is 2. The molecule has 4 rings (SSSR count). The van der Waals surface area contributed by atoms with Crippen molar-refractivity contribution in [3.63, 3.8) is 0 Å². The highest BCUT2D eigenvalue weighted by molar-refractivity contribution is 5.92. The number of nitrogens with zero attached hydrogens (tertiary/aromatic N) is 2. The van der Waals surface area contributed by atoms with E-state index in [1.165, 1.54) is 51.4 Å². The van der Waals surface area contributed by atoms with E-state index in [1.807, 2.05) is 12.1 Å². The van der Waals surface area contributed by atoms with Crippen molar-refractivity contribution in [3.8, 4) is 11.5 Å². The Bertz CT molecular complexity index is 765. The smallest absolute Gasteiger partial charge is 0.162 e. The molecule has 26 heavy (non-hydrogen) atoms. The van der Waals surface area contributed by atoms with Crippen LogP contribution >= 0.6 is 0 Å². The molecule has 2 aliphatic rings. The lowest BCUT2D eigenvalue weighted by Crippen LogP contribution is -2.15. The van der Waals surface area contributed by atoms with Gasteiger partial charge in [-0.1, -0.05) is 25.7 Å². The summed E-state index contributed by atoms with van der Waals surface area (Å²) >= 11 is 0. The molecular formula is C21H29N3O2. The molecule has 140 valence electrons. The fraction of sp³-hybridized carbons (Fsp3) is 0.619. The molecule has 1 heterocycles. The van der Waals surface area contributed by atoms with Gasteiger partial charge in [-0.05, 0) is 37.7 Å². The van der Waals surface area contributed by atoms with E-state index >= 15 is 0 Å². The summed E-state index contributed by atoms with van der Waals surface area (Å²) < 4.78 is 11.0. The number of hydrogen-bond donors (Lipinski definition) is 1. The monoisotopic (exact) mass is 355 g/mol. The molecule has 2 fully saturated rings. The van der Waals surface area contributed by atoms with Crippen LogP contribution in [0.5, 0.6) is 11.5 Å². The number of anilines is 1. The molecule has 0 saturated heterocycles. The van der Waals surface area contributed by atoms with E-state index in [0.29, 0.717) is 5.92 Å². The lowest BCUT2D eigenvalue weighted by atomic mass is 10.0. The van der Waals surface area contributed by atoms with Gasteiger partial charge in [-0.3, -0.25) is 0 Å². The number of hydrogen-bond acceptors (Lipinski definition) is 5. The van der Waals surface area contributed by atoms with Gasteiger partial charge in [0.2, 0.25) is 0 Å². The van der Waals surface area contributed by atoms with Crippen molar-refractivity contribution in [1.82, 2.24) is 9.97 Å². The first kappa shape index (κ1) is 17.4. The van der Waals surface area contributed by atoms with Crippen molar-refractivity contribution in [2.75, 3.05) is 26.1 Å². The molecule has 5 nitrogen and oxygen atoms in total. The summed E-state index contributed by atoms with van der Waals surface area (Å²) in [5, 5.41) is 4.66. The van der Waals surface area contributed by atoms with E-state index < -0.39 is 0 Å². The summed E-state index contributed by atoms with van der Waals surface area (Å²) in [6, 6.07) is 3.97. The van der Waals surface area contributed by atoms with Crippen LogP contribution in [0.25, 0.3) is 10.9 Å². The number of rotatable bonds is 6. The second-order valence-corrected chi connectivity index (χ2v) is 7.67. The topological polar surface area (TPSA) is 56.3 Å². The summed E-state index contributed by atoms with van der Waals surface area (Å²) in [6.45, 7) is 0.991. The maximum atomic E-state index is 5.49. The SMILES string of the molecule is COc1cc2nc(C3CC3)nc(NCC3CCCCCC3)c2cc1OC. The van der Waals surface area contributed by atoms with Crippen LogP contribution in [0, 0.1) is 5.92 Å². The Morgan fingerprint density at radius 3 is 2.27 bits per heavy atom. The van der Waals surface area contributed by atoms with Gasteiger partial charge in [0.15, 0.2) is 11.5 Å². The largest absolute Gasteiger partial charge is 0.493 e. The van der Waals surface area contributed by atoms with Gasteiger partial charge in [0, 0.05) is 23.9 Å². The third kappa shape index (κ3) is 3.71. The first-order chi connectivity index (χ1) is 12.8. The summed E-state index contributed by atoms with van der Waals surface area (Å²) in [6.07, 6.45) is 10.5. The quantitative estimate of drug-likeness (QED) is 0.746. The lowest BCUT2D eigenvalue weighted by Gasteiger charge is -2.17. The van der Waals surface area contributed by atoms with E-state index in [0.717, 1.165) is 46.5 Å². The number of ether oxygens (including phenoxy) is 2. The molecule has 2 saturated carbocycles. The van der Waals surface area contributed by atoms with Crippen LogP contribution in [-0.2, 0) is 0 Å². The normalized spacial score (nSPS) is 18.5. The molecule has 5 heteroatoms. The standard InChI is InChI=1S/C21H29N3O2/c1-25-18-11-16-17(12-19(18)26-2)23-20(15-9-10-15)24-21(16)22-13-14-7-5-3-4-6-8-14/h11-12,14-15H,3-10,13H2,1-2H3,(H,22,23,24).